The smallest absolute Gasteiger partial charge is 0.331 e. The van der Waals surface area contributed by atoms with Crippen molar-refractivity contribution in [3.05, 3.63) is 29.8 Å². The van der Waals surface area contributed by atoms with E-state index in [1.165, 1.54) is 4.90 Å². The van der Waals surface area contributed by atoms with Gasteiger partial charge in [-0.3, -0.25) is 4.79 Å². The standard InChI is InChI=1S/C13H17NO4/c1-3-14(9-15)12(13(16)17)10-6-5-7-11(8-10)18-4-2/h5-9,12H,3-4H2,1-2H3,(H,16,17). The summed E-state index contributed by atoms with van der Waals surface area (Å²) in [5.41, 5.74) is 0.530. The normalized spacial score (nSPS) is 11.7. The van der Waals surface area contributed by atoms with E-state index in [0.29, 0.717) is 30.9 Å². The lowest BCUT2D eigenvalue weighted by molar-refractivity contribution is -0.146. The first-order valence-corrected chi connectivity index (χ1v) is 5.80. The molecule has 0 radical (unpaired) electrons. The summed E-state index contributed by atoms with van der Waals surface area (Å²) in [6, 6.07) is 5.81. The second kappa shape index (κ2) is 6.64. The van der Waals surface area contributed by atoms with Crippen LogP contribution >= 0.6 is 0 Å². The molecule has 0 aromatic heterocycles. The number of aliphatic carboxylic acids is 1. The summed E-state index contributed by atoms with van der Waals surface area (Å²) in [5.74, 6) is -0.458. The van der Waals surface area contributed by atoms with E-state index in [1.807, 2.05) is 6.92 Å². The van der Waals surface area contributed by atoms with Crippen LogP contribution in [0.5, 0.6) is 5.75 Å². The van der Waals surface area contributed by atoms with Gasteiger partial charge in [0.15, 0.2) is 6.04 Å². The molecule has 98 valence electrons. The van der Waals surface area contributed by atoms with E-state index >= 15 is 0 Å². The van der Waals surface area contributed by atoms with Gasteiger partial charge in [0.25, 0.3) is 0 Å². The Morgan fingerprint density at radius 2 is 2.22 bits per heavy atom. The van der Waals surface area contributed by atoms with Crippen molar-refractivity contribution < 1.29 is 19.4 Å². The minimum Gasteiger partial charge on any atom is -0.494 e. The summed E-state index contributed by atoms with van der Waals surface area (Å²) < 4.78 is 5.32. The Morgan fingerprint density at radius 1 is 1.50 bits per heavy atom. The molecule has 1 N–H and O–H groups in total. The number of hydrogen-bond acceptors (Lipinski definition) is 3. The molecule has 5 nitrogen and oxygen atoms in total. The van der Waals surface area contributed by atoms with Crippen LogP contribution in [0.3, 0.4) is 0 Å². The zero-order valence-electron chi connectivity index (χ0n) is 10.5. The summed E-state index contributed by atoms with van der Waals surface area (Å²) in [6.07, 6.45) is 0.548. The number of hydrogen-bond donors (Lipinski definition) is 1. The first-order valence-electron chi connectivity index (χ1n) is 5.80. The van der Waals surface area contributed by atoms with Crippen LogP contribution < -0.4 is 4.74 Å². The molecule has 18 heavy (non-hydrogen) atoms. The van der Waals surface area contributed by atoms with E-state index in [0.717, 1.165) is 0 Å². The number of carbonyl (C=O) groups is 2. The maximum atomic E-state index is 11.3. The van der Waals surface area contributed by atoms with Crippen LogP contribution in [0.4, 0.5) is 0 Å². The van der Waals surface area contributed by atoms with Gasteiger partial charge in [0.2, 0.25) is 6.41 Å². The zero-order valence-corrected chi connectivity index (χ0v) is 10.5. The van der Waals surface area contributed by atoms with Crippen LogP contribution in [0.25, 0.3) is 0 Å². The van der Waals surface area contributed by atoms with Crippen molar-refractivity contribution in [1.82, 2.24) is 4.90 Å². The molecule has 0 bridgehead atoms. The van der Waals surface area contributed by atoms with Crippen LogP contribution in [-0.4, -0.2) is 35.5 Å². The third kappa shape index (κ3) is 3.23. The van der Waals surface area contributed by atoms with Gasteiger partial charge in [0.05, 0.1) is 6.61 Å². The first-order chi connectivity index (χ1) is 8.63. The lowest BCUT2D eigenvalue weighted by Crippen LogP contribution is -2.32. The Morgan fingerprint density at radius 3 is 2.72 bits per heavy atom. The van der Waals surface area contributed by atoms with Gasteiger partial charge in [-0.05, 0) is 31.5 Å². The number of likely N-dealkylation sites (N-methyl/N-ethyl adjacent to an activating group) is 1. The topological polar surface area (TPSA) is 66.8 Å². The molecular weight excluding hydrogens is 234 g/mol. The van der Waals surface area contributed by atoms with E-state index in [-0.39, 0.29) is 0 Å². The maximum Gasteiger partial charge on any atom is 0.331 e. The Hall–Kier alpha value is -2.04. The van der Waals surface area contributed by atoms with Crippen LogP contribution in [0.15, 0.2) is 24.3 Å². The van der Waals surface area contributed by atoms with Crippen LogP contribution in [0.1, 0.15) is 25.5 Å². The highest BCUT2D eigenvalue weighted by Gasteiger charge is 2.25. The molecular formula is C13H17NO4. The third-order valence-electron chi connectivity index (χ3n) is 2.55. The summed E-state index contributed by atoms with van der Waals surface area (Å²) in [4.78, 5) is 23.4. The first kappa shape index (κ1) is 14.0. The van der Waals surface area contributed by atoms with Gasteiger partial charge >= 0.3 is 5.97 Å². The van der Waals surface area contributed by atoms with Crippen molar-refractivity contribution in [2.75, 3.05) is 13.2 Å². The van der Waals surface area contributed by atoms with E-state index < -0.39 is 12.0 Å². The average Bonchev–Trinajstić information content (AvgIpc) is 2.36. The fourth-order valence-corrected chi connectivity index (χ4v) is 1.73. The number of carbonyl (C=O) groups excluding carboxylic acids is 1. The van der Waals surface area contributed by atoms with E-state index in [1.54, 1.807) is 31.2 Å². The molecule has 0 fully saturated rings. The molecule has 1 amide bonds. The minimum absolute atomic E-state index is 0.333. The molecule has 1 unspecified atom stereocenters. The van der Waals surface area contributed by atoms with Gasteiger partial charge in [0, 0.05) is 6.54 Å². The Bertz CT molecular complexity index is 419. The van der Waals surface area contributed by atoms with Crippen molar-refractivity contribution in [1.29, 1.82) is 0 Å². The second-order valence-corrected chi connectivity index (χ2v) is 3.68. The van der Waals surface area contributed by atoms with Gasteiger partial charge in [0.1, 0.15) is 5.75 Å². The summed E-state index contributed by atoms with van der Waals surface area (Å²) >= 11 is 0. The molecule has 0 aliphatic rings. The molecule has 0 aliphatic carbocycles. The molecule has 0 aliphatic heterocycles. The lowest BCUT2D eigenvalue weighted by atomic mass is 10.1. The highest BCUT2D eigenvalue weighted by molar-refractivity contribution is 5.78. The Labute approximate surface area is 106 Å². The monoisotopic (exact) mass is 251 g/mol. The average molecular weight is 251 g/mol. The molecule has 1 atom stereocenters. The molecule has 0 saturated carbocycles. The fraction of sp³-hybridized carbons (Fsp3) is 0.385. The second-order valence-electron chi connectivity index (χ2n) is 3.68. The Kier molecular flexibility index (Phi) is 5.17. The molecule has 1 rings (SSSR count). The number of carboxylic acid groups (broad SMARTS) is 1. The molecule has 0 spiro atoms. The van der Waals surface area contributed by atoms with Crippen LogP contribution in [0, 0.1) is 0 Å². The maximum absolute atomic E-state index is 11.3. The minimum atomic E-state index is -1.06. The van der Waals surface area contributed by atoms with E-state index in [2.05, 4.69) is 0 Å². The third-order valence-corrected chi connectivity index (χ3v) is 2.55. The predicted molar refractivity (Wildman–Crippen MR) is 66.4 cm³/mol. The number of rotatable bonds is 7. The van der Waals surface area contributed by atoms with Gasteiger partial charge < -0.3 is 14.7 Å². The predicted octanol–water partition coefficient (Wildman–Crippen LogP) is 1.69. The molecule has 0 saturated heterocycles. The van der Waals surface area contributed by atoms with Gasteiger partial charge in [-0.2, -0.15) is 0 Å². The summed E-state index contributed by atoms with van der Waals surface area (Å²) in [6.45, 7) is 4.42. The fourth-order valence-electron chi connectivity index (χ4n) is 1.73. The molecule has 1 aromatic rings. The lowest BCUT2D eigenvalue weighted by Gasteiger charge is -2.24. The number of ether oxygens (including phenoxy) is 1. The highest BCUT2D eigenvalue weighted by atomic mass is 16.5. The molecule has 0 heterocycles. The SMILES string of the molecule is CCOc1cccc(C(C(=O)O)N(C=O)CC)c1. The van der Waals surface area contributed by atoms with Crippen LogP contribution in [-0.2, 0) is 9.59 Å². The number of amides is 1. The van der Waals surface area contributed by atoms with Gasteiger partial charge in [-0.15, -0.1) is 0 Å². The van der Waals surface area contributed by atoms with E-state index in [4.69, 9.17) is 4.74 Å². The highest BCUT2D eigenvalue weighted by Crippen LogP contribution is 2.23. The summed E-state index contributed by atoms with van der Waals surface area (Å²) in [5, 5.41) is 9.24. The number of nitrogens with zero attached hydrogens (tertiary/aromatic N) is 1. The Balaban J connectivity index is 3.09. The molecule has 5 heteroatoms. The quantitative estimate of drug-likeness (QED) is 0.749. The number of benzene rings is 1. The zero-order chi connectivity index (χ0) is 13.5. The van der Waals surface area contributed by atoms with Crippen molar-refractivity contribution in [2.24, 2.45) is 0 Å². The van der Waals surface area contributed by atoms with Crippen molar-refractivity contribution >= 4 is 12.4 Å². The van der Waals surface area contributed by atoms with Crippen molar-refractivity contribution in [3.63, 3.8) is 0 Å². The van der Waals surface area contributed by atoms with Crippen molar-refractivity contribution in [2.45, 2.75) is 19.9 Å². The van der Waals surface area contributed by atoms with Crippen molar-refractivity contribution in [3.8, 4) is 5.75 Å². The van der Waals surface area contributed by atoms with Gasteiger partial charge in [-0.1, -0.05) is 12.1 Å². The number of carboxylic acids is 1. The molecule has 1 aromatic carbocycles. The van der Waals surface area contributed by atoms with Crippen LogP contribution in [0.2, 0.25) is 0 Å². The van der Waals surface area contributed by atoms with Gasteiger partial charge in [-0.25, -0.2) is 4.79 Å². The van der Waals surface area contributed by atoms with E-state index in [9.17, 15) is 14.7 Å². The summed E-state index contributed by atoms with van der Waals surface area (Å²) in [7, 11) is 0. The largest absolute Gasteiger partial charge is 0.494 e.